The number of rotatable bonds is 5. The van der Waals surface area contributed by atoms with Crippen LogP contribution in [0.1, 0.15) is 0 Å². The molecular formula is C19H17N5OS. The third-order valence-corrected chi connectivity index (χ3v) is 4.82. The Morgan fingerprint density at radius 1 is 1.04 bits per heavy atom. The van der Waals surface area contributed by atoms with Gasteiger partial charge in [0.05, 0.1) is 35.8 Å². The Morgan fingerprint density at radius 2 is 1.96 bits per heavy atom. The Labute approximate surface area is 155 Å². The monoisotopic (exact) mass is 363 g/mol. The number of para-hydroxylation sites is 1. The summed E-state index contributed by atoms with van der Waals surface area (Å²) in [6, 6.07) is 13.9. The van der Waals surface area contributed by atoms with Crippen LogP contribution in [0.15, 0.2) is 66.0 Å². The van der Waals surface area contributed by atoms with Crippen LogP contribution in [0.4, 0.5) is 5.69 Å². The van der Waals surface area contributed by atoms with Gasteiger partial charge in [0, 0.05) is 29.7 Å². The summed E-state index contributed by atoms with van der Waals surface area (Å²) in [7, 11) is 3.55. The minimum atomic E-state index is 0.571. The van der Waals surface area contributed by atoms with Crippen LogP contribution < -0.4 is 9.46 Å². The molecule has 0 atom stereocenters. The number of ether oxygens (including phenoxy) is 1. The number of aromatic nitrogens is 4. The summed E-state index contributed by atoms with van der Waals surface area (Å²) in [6.07, 6.45) is 5.40. The lowest BCUT2D eigenvalue weighted by atomic mass is 10.2. The predicted molar refractivity (Wildman–Crippen MR) is 104 cm³/mol. The van der Waals surface area contributed by atoms with E-state index in [0.717, 1.165) is 32.7 Å². The van der Waals surface area contributed by atoms with Gasteiger partial charge in [-0.05, 0) is 42.3 Å². The molecule has 26 heavy (non-hydrogen) atoms. The van der Waals surface area contributed by atoms with Crippen molar-refractivity contribution in [2.75, 3.05) is 11.8 Å². The van der Waals surface area contributed by atoms with Crippen LogP contribution in [0.2, 0.25) is 0 Å². The van der Waals surface area contributed by atoms with Crippen LogP contribution in [-0.2, 0) is 7.05 Å². The first-order valence-electron chi connectivity index (χ1n) is 8.05. The van der Waals surface area contributed by atoms with Gasteiger partial charge in [-0.1, -0.05) is 12.1 Å². The van der Waals surface area contributed by atoms with Gasteiger partial charge in [-0.2, -0.15) is 5.10 Å². The minimum Gasteiger partial charge on any atom is -0.481 e. The zero-order valence-electron chi connectivity index (χ0n) is 14.4. The van der Waals surface area contributed by atoms with E-state index in [0.29, 0.717) is 5.88 Å². The first kappa shape index (κ1) is 16.4. The molecule has 0 spiro atoms. The zero-order chi connectivity index (χ0) is 17.9. The minimum absolute atomic E-state index is 0.571. The van der Waals surface area contributed by atoms with Gasteiger partial charge < -0.3 is 9.46 Å². The van der Waals surface area contributed by atoms with E-state index in [9.17, 15) is 0 Å². The number of fused-ring (bicyclic) bond motifs is 1. The molecule has 1 aromatic carbocycles. The Morgan fingerprint density at radius 3 is 2.77 bits per heavy atom. The van der Waals surface area contributed by atoms with Gasteiger partial charge in [0.1, 0.15) is 0 Å². The molecule has 130 valence electrons. The largest absolute Gasteiger partial charge is 0.481 e. The highest BCUT2D eigenvalue weighted by atomic mass is 32.2. The molecule has 0 aliphatic heterocycles. The van der Waals surface area contributed by atoms with E-state index in [1.165, 1.54) is 11.9 Å². The molecule has 0 aliphatic carbocycles. The molecular weight excluding hydrogens is 346 g/mol. The number of benzene rings is 1. The Bertz CT molecular complexity index is 1050. The van der Waals surface area contributed by atoms with Crippen molar-refractivity contribution in [3.8, 4) is 17.1 Å². The SMILES string of the molecule is COc1ncccc1-c1ccc(SNc2cccc3cnn(C)c23)cn1. The smallest absolute Gasteiger partial charge is 0.222 e. The van der Waals surface area contributed by atoms with Crippen LogP contribution in [-0.4, -0.2) is 26.9 Å². The number of hydrogen-bond acceptors (Lipinski definition) is 6. The summed E-state index contributed by atoms with van der Waals surface area (Å²) in [6.45, 7) is 0. The maximum Gasteiger partial charge on any atom is 0.222 e. The Kier molecular flexibility index (Phi) is 4.45. The molecule has 1 N–H and O–H groups in total. The molecule has 4 aromatic rings. The summed E-state index contributed by atoms with van der Waals surface area (Å²) < 4.78 is 10.6. The highest BCUT2D eigenvalue weighted by Crippen LogP contribution is 2.30. The van der Waals surface area contributed by atoms with Gasteiger partial charge in [-0.25, -0.2) is 4.98 Å². The molecule has 0 fully saturated rings. The Balaban J connectivity index is 1.54. The van der Waals surface area contributed by atoms with E-state index in [2.05, 4.69) is 25.9 Å². The predicted octanol–water partition coefficient (Wildman–Crippen LogP) is 4.16. The lowest BCUT2D eigenvalue weighted by Crippen LogP contribution is -1.95. The number of nitrogens with zero attached hydrogens (tertiary/aromatic N) is 4. The molecule has 0 saturated heterocycles. The van der Waals surface area contributed by atoms with Crippen LogP contribution in [0.5, 0.6) is 5.88 Å². The average molecular weight is 363 g/mol. The van der Waals surface area contributed by atoms with Gasteiger partial charge in [-0.3, -0.25) is 9.67 Å². The molecule has 4 rings (SSSR count). The van der Waals surface area contributed by atoms with Crippen molar-refractivity contribution in [1.29, 1.82) is 0 Å². The van der Waals surface area contributed by atoms with E-state index < -0.39 is 0 Å². The lowest BCUT2D eigenvalue weighted by molar-refractivity contribution is 0.399. The van der Waals surface area contributed by atoms with Gasteiger partial charge in [0.25, 0.3) is 0 Å². The molecule has 3 aromatic heterocycles. The van der Waals surface area contributed by atoms with E-state index in [1.54, 1.807) is 13.3 Å². The number of pyridine rings is 2. The fourth-order valence-corrected chi connectivity index (χ4v) is 3.41. The quantitative estimate of drug-likeness (QED) is 0.537. The highest BCUT2D eigenvalue weighted by molar-refractivity contribution is 8.00. The fraction of sp³-hybridized carbons (Fsp3) is 0.105. The van der Waals surface area contributed by atoms with Crippen molar-refractivity contribution in [3.63, 3.8) is 0 Å². The summed E-state index contributed by atoms with van der Waals surface area (Å²) in [5, 5.41) is 5.42. The molecule has 0 radical (unpaired) electrons. The normalized spacial score (nSPS) is 10.8. The first-order chi connectivity index (χ1) is 12.8. The topological polar surface area (TPSA) is 64.9 Å². The third kappa shape index (κ3) is 3.09. The number of hydrogen-bond donors (Lipinski definition) is 1. The second kappa shape index (κ2) is 7.05. The van der Waals surface area contributed by atoms with Gasteiger partial charge in [0.15, 0.2) is 0 Å². The first-order valence-corrected chi connectivity index (χ1v) is 8.87. The second-order valence-electron chi connectivity index (χ2n) is 5.66. The van der Waals surface area contributed by atoms with Gasteiger partial charge in [0.2, 0.25) is 5.88 Å². The van der Waals surface area contributed by atoms with Crippen molar-refractivity contribution in [3.05, 3.63) is 61.1 Å². The molecule has 0 saturated carbocycles. The molecule has 0 bridgehead atoms. The number of nitrogens with one attached hydrogen (secondary N) is 1. The van der Waals surface area contributed by atoms with E-state index in [-0.39, 0.29) is 0 Å². The van der Waals surface area contributed by atoms with Crippen LogP contribution in [0, 0.1) is 0 Å². The van der Waals surface area contributed by atoms with Crippen molar-refractivity contribution in [2.45, 2.75) is 4.90 Å². The second-order valence-corrected chi connectivity index (χ2v) is 6.53. The molecule has 0 aliphatic rings. The summed E-state index contributed by atoms with van der Waals surface area (Å²) in [4.78, 5) is 9.77. The average Bonchev–Trinajstić information content (AvgIpc) is 3.08. The van der Waals surface area contributed by atoms with Crippen LogP contribution >= 0.6 is 11.9 Å². The van der Waals surface area contributed by atoms with Crippen molar-refractivity contribution < 1.29 is 4.74 Å². The fourth-order valence-electron chi connectivity index (χ4n) is 2.78. The van der Waals surface area contributed by atoms with Crippen LogP contribution in [0.25, 0.3) is 22.2 Å². The van der Waals surface area contributed by atoms with Crippen LogP contribution in [0.3, 0.4) is 0 Å². The lowest BCUT2D eigenvalue weighted by Gasteiger charge is -2.09. The van der Waals surface area contributed by atoms with Crippen molar-refractivity contribution in [1.82, 2.24) is 19.7 Å². The van der Waals surface area contributed by atoms with Crippen molar-refractivity contribution in [2.24, 2.45) is 7.05 Å². The number of aryl methyl sites for hydroxylation is 1. The van der Waals surface area contributed by atoms with Gasteiger partial charge >= 0.3 is 0 Å². The molecule has 0 unspecified atom stereocenters. The summed E-state index contributed by atoms with van der Waals surface area (Å²) in [5.41, 5.74) is 3.79. The molecule has 7 heteroatoms. The molecule has 6 nitrogen and oxygen atoms in total. The number of methoxy groups -OCH3 is 1. The zero-order valence-corrected chi connectivity index (χ0v) is 15.2. The Hall–Kier alpha value is -3.06. The molecule has 3 heterocycles. The maximum absolute atomic E-state index is 5.30. The van der Waals surface area contributed by atoms with Crippen molar-refractivity contribution >= 4 is 28.5 Å². The number of anilines is 1. The summed E-state index contributed by atoms with van der Waals surface area (Å²) in [5.74, 6) is 0.571. The maximum atomic E-state index is 5.30. The van der Waals surface area contributed by atoms with E-state index in [1.807, 2.05) is 60.5 Å². The van der Waals surface area contributed by atoms with E-state index >= 15 is 0 Å². The summed E-state index contributed by atoms with van der Waals surface area (Å²) >= 11 is 1.51. The van der Waals surface area contributed by atoms with Gasteiger partial charge in [-0.15, -0.1) is 0 Å². The highest BCUT2D eigenvalue weighted by Gasteiger charge is 2.09. The molecule has 0 amide bonds. The third-order valence-electron chi connectivity index (χ3n) is 4.02. The standard InChI is InChI=1S/C19H17N5OS/c1-24-18-13(11-22-24)5-3-7-17(18)23-26-14-8-9-16(21-12-14)15-6-4-10-20-19(15)25-2/h3-12,23H,1-2H3. The van der Waals surface area contributed by atoms with E-state index in [4.69, 9.17) is 4.74 Å².